The van der Waals surface area contributed by atoms with Crippen molar-refractivity contribution in [3.63, 3.8) is 0 Å². The molecule has 0 bridgehead atoms. The largest absolute Gasteiger partial charge is 0.472 e. The molecule has 2 aromatic rings. The Balaban J connectivity index is 0.000000892. The summed E-state index contributed by atoms with van der Waals surface area (Å²) >= 11 is 5.83. The smallest absolute Gasteiger partial charge is 0.233 e. The lowest BCUT2D eigenvalue weighted by atomic mass is 10.1. The molecule has 1 heterocycles. The number of hydrogen-bond donors (Lipinski definition) is 3. The average molecular weight is 406 g/mol. The summed E-state index contributed by atoms with van der Waals surface area (Å²) in [5.74, 6) is 4.96. The van der Waals surface area contributed by atoms with Gasteiger partial charge in [-0.1, -0.05) is 23.7 Å². The van der Waals surface area contributed by atoms with E-state index in [-0.39, 0.29) is 0 Å². The second-order valence-corrected chi connectivity index (χ2v) is 5.70. The second kappa shape index (κ2) is 13.1. The molecule has 1 aromatic heterocycles. The number of aryl methyl sites for hydroxylation is 1. The van der Waals surface area contributed by atoms with E-state index in [9.17, 15) is 0 Å². The van der Waals surface area contributed by atoms with Crippen molar-refractivity contribution in [2.24, 2.45) is 15.8 Å². The maximum Gasteiger partial charge on any atom is 0.233 e. The van der Waals surface area contributed by atoms with Gasteiger partial charge in [-0.3, -0.25) is 20.2 Å². The van der Waals surface area contributed by atoms with Crippen LogP contribution in [0.15, 0.2) is 51.7 Å². The van der Waals surface area contributed by atoms with Gasteiger partial charge in [0, 0.05) is 43.0 Å². The van der Waals surface area contributed by atoms with Crippen LogP contribution in [0.25, 0.3) is 0 Å². The zero-order valence-electron chi connectivity index (χ0n) is 15.8. The number of benzene rings is 1. The quantitative estimate of drug-likeness (QED) is 0.194. The first-order chi connectivity index (χ1) is 13.5. The van der Waals surface area contributed by atoms with Crippen LogP contribution in [0, 0.1) is 6.92 Å². The van der Waals surface area contributed by atoms with Crippen LogP contribution in [0.3, 0.4) is 0 Å². The van der Waals surface area contributed by atoms with E-state index in [0.717, 1.165) is 11.3 Å². The van der Waals surface area contributed by atoms with E-state index in [1.807, 2.05) is 19.2 Å². The molecule has 0 radical (unpaired) electrons. The van der Waals surface area contributed by atoms with Crippen molar-refractivity contribution in [1.29, 1.82) is 0 Å². The normalized spacial score (nSPS) is 10.8. The number of aromatic nitrogens is 2. The fourth-order valence-electron chi connectivity index (χ4n) is 2.11. The van der Waals surface area contributed by atoms with Gasteiger partial charge in [0.25, 0.3) is 0 Å². The van der Waals surface area contributed by atoms with E-state index in [2.05, 4.69) is 46.0 Å². The number of amides is 1. The lowest BCUT2D eigenvalue weighted by molar-refractivity contribution is -0.109. The molecule has 0 unspecified atom stereocenters. The standard InChI is InChI=1S/C17H20ClN5O.CH4N2O/c1-13-5-4-6-16(20-3)15(13)11-24-17-7-8-23(22-17)12-21-10-14(18)9-19-2;2-3-1-4/h4-10,20H,2,11-12H2,1,3H3;1H,2H2,(H,3,4)/b14-9+,21-10-;. The predicted molar refractivity (Wildman–Crippen MR) is 113 cm³/mol. The predicted octanol–water partition coefficient (Wildman–Crippen LogP) is 2.23. The van der Waals surface area contributed by atoms with Crippen LogP contribution in [-0.4, -0.2) is 36.2 Å². The number of nitrogens with zero attached hydrogens (tertiary/aromatic N) is 4. The van der Waals surface area contributed by atoms with Crippen LogP contribution in [-0.2, 0) is 18.1 Å². The van der Waals surface area contributed by atoms with Gasteiger partial charge >= 0.3 is 0 Å². The van der Waals surface area contributed by atoms with Crippen LogP contribution in [0.2, 0.25) is 0 Å². The molecule has 10 heteroatoms. The molecule has 1 aromatic carbocycles. The number of carbonyl (C=O) groups excluding carboxylic acids is 1. The highest BCUT2D eigenvalue weighted by atomic mass is 35.5. The number of hydrogen-bond acceptors (Lipinski definition) is 7. The minimum Gasteiger partial charge on any atom is -0.472 e. The molecule has 0 atom stereocenters. The van der Waals surface area contributed by atoms with Crippen LogP contribution in [0.5, 0.6) is 5.88 Å². The van der Waals surface area contributed by atoms with E-state index >= 15 is 0 Å². The summed E-state index contributed by atoms with van der Waals surface area (Å²) in [4.78, 5) is 16.6. The topological polar surface area (TPSA) is 119 Å². The van der Waals surface area contributed by atoms with Crippen molar-refractivity contribution in [2.45, 2.75) is 20.2 Å². The Kier molecular flexibility index (Phi) is 10.7. The van der Waals surface area contributed by atoms with Crippen LogP contribution >= 0.6 is 11.6 Å². The Morgan fingerprint density at radius 3 is 2.86 bits per heavy atom. The fraction of sp³-hybridized carbons (Fsp3) is 0.222. The highest BCUT2D eigenvalue weighted by Gasteiger charge is 2.06. The van der Waals surface area contributed by atoms with Gasteiger partial charge in [-0.2, -0.15) is 0 Å². The van der Waals surface area contributed by atoms with Crippen LogP contribution in [0.4, 0.5) is 5.69 Å². The second-order valence-electron chi connectivity index (χ2n) is 5.27. The van der Waals surface area contributed by atoms with Crippen molar-refractivity contribution in [1.82, 2.24) is 15.2 Å². The van der Waals surface area contributed by atoms with Crippen LogP contribution in [0.1, 0.15) is 11.1 Å². The van der Waals surface area contributed by atoms with Gasteiger partial charge in [-0.15, -0.1) is 5.10 Å². The van der Waals surface area contributed by atoms with Gasteiger partial charge in [-0.05, 0) is 25.3 Å². The Morgan fingerprint density at radius 1 is 1.46 bits per heavy atom. The lowest BCUT2D eigenvalue weighted by Gasteiger charge is -2.12. The molecule has 0 fully saturated rings. The maximum absolute atomic E-state index is 8.94. The number of halogens is 1. The molecule has 0 aliphatic carbocycles. The Labute approximate surface area is 168 Å². The van der Waals surface area contributed by atoms with E-state index in [4.69, 9.17) is 21.1 Å². The highest BCUT2D eigenvalue weighted by Crippen LogP contribution is 2.21. The molecule has 4 N–H and O–H groups in total. The summed E-state index contributed by atoms with van der Waals surface area (Å²) in [5, 5.41) is 7.90. The summed E-state index contributed by atoms with van der Waals surface area (Å²) in [6.45, 7) is 6.17. The maximum atomic E-state index is 8.94. The lowest BCUT2D eigenvalue weighted by Crippen LogP contribution is -2.18. The third-order valence-electron chi connectivity index (χ3n) is 3.38. The summed E-state index contributed by atoms with van der Waals surface area (Å²) in [7, 11) is 1.90. The van der Waals surface area contributed by atoms with E-state index in [1.54, 1.807) is 22.4 Å². The zero-order chi connectivity index (χ0) is 20.8. The van der Waals surface area contributed by atoms with Crippen LogP contribution < -0.4 is 21.3 Å². The summed E-state index contributed by atoms with van der Waals surface area (Å²) in [6.07, 6.45) is 5.13. The van der Waals surface area contributed by atoms with E-state index in [0.29, 0.717) is 30.6 Å². The molecule has 0 spiro atoms. The number of nitrogens with one attached hydrogen (secondary N) is 2. The Bertz CT molecular complexity index is 818. The molecule has 0 aliphatic rings. The van der Waals surface area contributed by atoms with Gasteiger partial charge < -0.3 is 10.1 Å². The highest BCUT2D eigenvalue weighted by molar-refractivity contribution is 6.39. The number of nitrogens with two attached hydrogens (primary N) is 1. The number of ether oxygens (including phenoxy) is 1. The van der Waals surface area contributed by atoms with E-state index < -0.39 is 0 Å². The first-order valence-corrected chi connectivity index (χ1v) is 8.57. The summed E-state index contributed by atoms with van der Waals surface area (Å²) in [5.41, 5.74) is 5.08. The number of allylic oxidation sites excluding steroid dienone is 1. The van der Waals surface area contributed by atoms with Gasteiger partial charge in [-0.25, -0.2) is 10.5 Å². The fourth-order valence-corrected chi connectivity index (χ4v) is 2.24. The molecule has 2 rings (SSSR count). The number of rotatable bonds is 9. The zero-order valence-corrected chi connectivity index (χ0v) is 16.6. The minimum atomic E-state index is 0.344. The average Bonchev–Trinajstić information content (AvgIpc) is 3.15. The SMILES string of the molecule is C=N/C=C(Cl)\C=N/Cn1ccc(OCc2c(C)cccc2NC)n1.NNC=O. The first kappa shape index (κ1) is 22.9. The van der Waals surface area contributed by atoms with Gasteiger partial charge in [0.1, 0.15) is 13.3 Å². The molecule has 28 heavy (non-hydrogen) atoms. The molecular weight excluding hydrogens is 382 g/mol. The summed E-state index contributed by atoms with van der Waals surface area (Å²) in [6, 6.07) is 7.89. The first-order valence-electron chi connectivity index (χ1n) is 8.19. The summed E-state index contributed by atoms with van der Waals surface area (Å²) < 4.78 is 7.44. The monoisotopic (exact) mass is 405 g/mol. The molecule has 0 saturated heterocycles. The number of anilines is 1. The van der Waals surface area contributed by atoms with Crippen molar-refractivity contribution < 1.29 is 9.53 Å². The van der Waals surface area contributed by atoms with E-state index in [1.165, 1.54) is 18.0 Å². The molecule has 9 nitrogen and oxygen atoms in total. The third-order valence-corrected chi connectivity index (χ3v) is 3.58. The van der Waals surface area contributed by atoms with Crippen molar-refractivity contribution >= 4 is 36.6 Å². The number of carbonyl (C=O) groups is 1. The Morgan fingerprint density at radius 2 is 2.21 bits per heavy atom. The molecule has 0 aliphatic heterocycles. The third kappa shape index (κ3) is 8.02. The molecule has 150 valence electrons. The van der Waals surface area contributed by atoms with Gasteiger partial charge in [0.05, 0.1) is 5.03 Å². The molecule has 1 amide bonds. The van der Waals surface area contributed by atoms with Crippen molar-refractivity contribution in [3.8, 4) is 5.88 Å². The van der Waals surface area contributed by atoms with Gasteiger partial charge in [0.2, 0.25) is 12.3 Å². The minimum absolute atomic E-state index is 0.344. The van der Waals surface area contributed by atoms with Crippen molar-refractivity contribution in [2.75, 3.05) is 12.4 Å². The van der Waals surface area contributed by atoms with Crippen molar-refractivity contribution in [3.05, 3.63) is 52.8 Å². The Hall–Kier alpha value is -3.17. The number of aliphatic imine (C=N–C) groups is 2. The molecular formula is C18H24ClN7O2. The molecule has 0 saturated carbocycles. The van der Waals surface area contributed by atoms with Gasteiger partial charge in [0.15, 0.2) is 0 Å². The number of hydrazine groups is 1.